The molecule has 0 heterocycles. The van der Waals surface area contributed by atoms with Crippen LogP contribution in [0.15, 0.2) is 18.2 Å². The van der Waals surface area contributed by atoms with Crippen molar-refractivity contribution in [3.63, 3.8) is 0 Å². The van der Waals surface area contributed by atoms with Crippen LogP contribution in [0.3, 0.4) is 0 Å². The fourth-order valence-electron chi connectivity index (χ4n) is 4.35. The Morgan fingerprint density at radius 2 is 1.68 bits per heavy atom. The second-order valence-electron chi connectivity index (χ2n) is 11.6. The lowest BCUT2D eigenvalue weighted by Gasteiger charge is -2.36. The summed E-state index contributed by atoms with van der Waals surface area (Å²) in [5.41, 5.74) is 0.0530. The number of rotatable bonds is 16. The minimum absolute atomic E-state index is 0.00302. The number of hydrogen-bond donors (Lipinski definition) is 3. The van der Waals surface area contributed by atoms with Gasteiger partial charge in [-0.1, -0.05) is 64.7 Å². The highest BCUT2D eigenvalue weighted by atomic mass is 16.6. The number of ether oxygens (including phenoxy) is 2. The molecule has 232 valence electrons. The molecule has 0 fully saturated rings. The second-order valence-corrected chi connectivity index (χ2v) is 11.6. The summed E-state index contributed by atoms with van der Waals surface area (Å²) in [5, 5.41) is 16.5. The van der Waals surface area contributed by atoms with Gasteiger partial charge in [0, 0.05) is 18.7 Å². The van der Waals surface area contributed by atoms with E-state index in [4.69, 9.17) is 9.47 Å². The fraction of sp³-hybridized carbons (Fsp3) is 0.677. The lowest BCUT2D eigenvalue weighted by atomic mass is 9.96. The van der Waals surface area contributed by atoms with Crippen LogP contribution >= 0.6 is 0 Å². The Bertz CT molecular complexity index is 1000. The first-order valence-corrected chi connectivity index (χ1v) is 14.7. The van der Waals surface area contributed by atoms with Gasteiger partial charge in [0.25, 0.3) is 0 Å². The van der Waals surface area contributed by atoms with Crippen LogP contribution in [0.25, 0.3) is 0 Å². The van der Waals surface area contributed by atoms with E-state index in [1.807, 2.05) is 0 Å². The molecule has 10 heteroatoms. The van der Waals surface area contributed by atoms with Crippen LogP contribution in [-0.4, -0.2) is 65.2 Å². The van der Waals surface area contributed by atoms with Crippen molar-refractivity contribution >= 4 is 23.9 Å². The van der Waals surface area contributed by atoms with Gasteiger partial charge in [-0.15, -0.1) is 0 Å². The molecule has 1 rings (SSSR count). The van der Waals surface area contributed by atoms with Gasteiger partial charge in [-0.05, 0) is 52.5 Å². The smallest absolute Gasteiger partial charge is 0.408 e. The SMILES string of the molecule is CCCCCCCN(C(=O)C(NC(=O)OC(C)(C)C)C(C)C)C(C(=O)NCCC(=O)OCC)c1cccc(C)c1O. The zero-order valence-electron chi connectivity index (χ0n) is 26.2. The summed E-state index contributed by atoms with van der Waals surface area (Å²) in [6, 6.07) is 2.86. The maximum absolute atomic E-state index is 14.2. The van der Waals surface area contributed by atoms with E-state index in [2.05, 4.69) is 17.6 Å². The van der Waals surface area contributed by atoms with Crippen molar-refractivity contribution in [3.8, 4) is 5.75 Å². The Balaban J connectivity index is 3.49. The molecule has 2 atom stereocenters. The summed E-state index contributed by atoms with van der Waals surface area (Å²) in [6.45, 7) is 14.8. The van der Waals surface area contributed by atoms with Crippen molar-refractivity contribution in [2.24, 2.45) is 5.92 Å². The summed E-state index contributed by atoms with van der Waals surface area (Å²) in [7, 11) is 0. The number of benzene rings is 1. The van der Waals surface area contributed by atoms with Crippen LogP contribution in [0.1, 0.15) is 104 Å². The normalized spacial score (nSPS) is 12.8. The fourth-order valence-corrected chi connectivity index (χ4v) is 4.35. The number of phenolic OH excluding ortho intramolecular Hbond substituents is 1. The van der Waals surface area contributed by atoms with E-state index in [9.17, 15) is 24.3 Å². The minimum Gasteiger partial charge on any atom is -0.507 e. The van der Waals surface area contributed by atoms with E-state index in [1.54, 1.807) is 66.7 Å². The van der Waals surface area contributed by atoms with Gasteiger partial charge >= 0.3 is 12.1 Å². The van der Waals surface area contributed by atoms with Gasteiger partial charge < -0.3 is 30.1 Å². The highest BCUT2D eigenvalue weighted by Crippen LogP contribution is 2.33. The van der Waals surface area contributed by atoms with Gasteiger partial charge in [0.05, 0.1) is 13.0 Å². The molecule has 10 nitrogen and oxygen atoms in total. The highest BCUT2D eigenvalue weighted by Gasteiger charge is 2.38. The van der Waals surface area contributed by atoms with Gasteiger partial charge in [-0.2, -0.15) is 0 Å². The van der Waals surface area contributed by atoms with Gasteiger partial charge in [0.15, 0.2) is 0 Å². The number of unbranched alkanes of at least 4 members (excludes halogenated alkanes) is 4. The second kappa shape index (κ2) is 17.5. The Labute approximate surface area is 245 Å². The Kier molecular flexibility index (Phi) is 15.2. The number of carbonyl (C=O) groups is 4. The molecule has 2 unspecified atom stereocenters. The standard InChI is InChI=1S/C31H51N3O7/c1-9-11-12-13-14-20-34(29(38)25(21(3)4)33-30(39)41-31(6,7)8)26(23-17-15-16-22(5)27(23)36)28(37)32-19-18-24(35)40-10-2/h15-17,21,25-26,36H,9-14,18-20H2,1-8H3,(H,32,37)(H,33,39). The number of nitrogens with one attached hydrogen (secondary N) is 2. The molecule has 0 spiro atoms. The largest absolute Gasteiger partial charge is 0.507 e. The van der Waals surface area contributed by atoms with Crippen molar-refractivity contribution in [1.82, 2.24) is 15.5 Å². The Morgan fingerprint density at radius 1 is 1.02 bits per heavy atom. The van der Waals surface area contributed by atoms with Crippen LogP contribution in [0.2, 0.25) is 0 Å². The molecule has 1 aromatic rings. The van der Waals surface area contributed by atoms with Crippen molar-refractivity contribution < 1.29 is 33.8 Å². The Hall–Kier alpha value is -3.30. The summed E-state index contributed by atoms with van der Waals surface area (Å²) >= 11 is 0. The van der Waals surface area contributed by atoms with Crippen LogP contribution in [0.5, 0.6) is 5.75 Å². The zero-order chi connectivity index (χ0) is 31.2. The third-order valence-corrected chi connectivity index (χ3v) is 6.45. The van der Waals surface area contributed by atoms with E-state index in [1.165, 1.54) is 4.90 Å². The third-order valence-electron chi connectivity index (χ3n) is 6.45. The average molecular weight is 578 g/mol. The number of phenols is 1. The number of hydrogen-bond acceptors (Lipinski definition) is 7. The van der Waals surface area contributed by atoms with E-state index in [0.717, 1.165) is 25.7 Å². The molecule has 0 saturated carbocycles. The van der Waals surface area contributed by atoms with E-state index in [0.29, 0.717) is 12.0 Å². The molecule has 0 aliphatic carbocycles. The molecule has 3 N–H and O–H groups in total. The molecule has 1 aromatic carbocycles. The molecular formula is C31H51N3O7. The number of aryl methyl sites for hydroxylation is 1. The number of alkyl carbamates (subject to hydrolysis) is 1. The quantitative estimate of drug-likeness (QED) is 0.182. The van der Waals surface area contributed by atoms with E-state index >= 15 is 0 Å². The van der Waals surface area contributed by atoms with Gasteiger partial charge in [-0.25, -0.2) is 4.79 Å². The van der Waals surface area contributed by atoms with E-state index in [-0.39, 0.29) is 43.3 Å². The zero-order valence-corrected chi connectivity index (χ0v) is 26.2. The molecule has 3 amide bonds. The van der Waals surface area contributed by atoms with Crippen molar-refractivity contribution in [2.75, 3.05) is 19.7 Å². The number of amides is 3. The average Bonchev–Trinajstić information content (AvgIpc) is 2.87. The maximum Gasteiger partial charge on any atom is 0.408 e. The van der Waals surface area contributed by atoms with Crippen molar-refractivity contribution in [3.05, 3.63) is 29.3 Å². The van der Waals surface area contributed by atoms with Crippen LogP contribution < -0.4 is 10.6 Å². The van der Waals surface area contributed by atoms with Crippen LogP contribution in [0, 0.1) is 12.8 Å². The molecule has 0 aromatic heterocycles. The number of esters is 1. The molecule has 0 saturated heterocycles. The predicted octanol–water partition coefficient (Wildman–Crippen LogP) is 5.16. The topological polar surface area (TPSA) is 134 Å². The first kappa shape index (κ1) is 35.7. The number of carbonyl (C=O) groups excluding carboxylic acids is 4. The molecule has 41 heavy (non-hydrogen) atoms. The highest BCUT2D eigenvalue weighted by molar-refractivity contribution is 5.93. The lowest BCUT2D eigenvalue weighted by Crippen LogP contribution is -2.55. The minimum atomic E-state index is -1.20. The number of nitrogens with zero attached hydrogens (tertiary/aromatic N) is 1. The molecular weight excluding hydrogens is 526 g/mol. The summed E-state index contributed by atoms with van der Waals surface area (Å²) in [4.78, 5) is 54.0. The number of para-hydroxylation sites is 1. The van der Waals surface area contributed by atoms with Crippen LogP contribution in [0.4, 0.5) is 4.79 Å². The third kappa shape index (κ3) is 12.4. The van der Waals surface area contributed by atoms with Crippen molar-refractivity contribution in [2.45, 2.75) is 112 Å². The van der Waals surface area contributed by atoms with Gasteiger partial charge in [0.2, 0.25) is 11.8 Å². The summed E-state index contributed by atoms with van der Waals surface area (Å²) in [5.74, 6) is -1.88. The van der Waals surface area contributed by atoms with Crippen molar-refractivity contribution in [1.29, 1.82) is 0 Å². The molecule has 0 aliphatic rings. The molecule has 0 radical (unpaired) electrons. The van der Waals surface area contributed by atoms with E-state index < -0.39 is 41.6 Å². The number of aromatic hydroxyl groups is 1. The first-order valence-electron chi connectivity index (χ1n) is 14.7. The van der Waals surface area contributed by atoms with Gasteiger partial charge in [0.1, 0.15) is 23.4 Å². The predicted molar refractivity (Wildman–Crippen MR) is 158 cm³/mol. The molecule has 0 aliphatic heterocycles. The summed E-state index contributed by atoms with van der Waals surface area (Å²) in [6.07, 6.45) is 3.80. The molecule has 0 bridgehead atoms. The van der Waals surface area contributed by atoms with Gasteiger partial charge in [-0.3, -0.25) is 14.4 Å². The lowest BCUT2D eigenvalue weighted by molar-refractivity contribution is -0.145. The maximum atomic E-state index is 14.2. The van der Waals surface area contributed by atoms with Crippen LogP contribution in [-0.2, 0) is 23.9 Å². The summed E-state index contributed by atoms with van der Waals surface area (Å²) < 4.78 is 10.4. The monoisotopic (exact) mass is 577 g/mol. The Morgan fingerprint density at radius 3 is 2.27 bits per heavy atom. The first-order chi connectivity index (χ1) is 19.2.